The molecule has 3 heteroatoms. The van der Waals surface area contributed by atoms with Crippen LogP contribution >= 0.6 is 0 Å². The first-order valence-electron chi connectivity index (χ1n) is 4.55. The lowest BCUT2D eigenvalue weighted by Gasteiger charge is -1.96. The van der Waals surface area contributed by atoms with E-state index in [9.17, 15) is 0 Å². The van der Waals surface area contributed by atoms with Crippen molar-refractivity contribution in [1.82, 2.24) is 0 Å². The van der Waals surface area contributed by atoms with E-state index >= 15 is 0 Å². The first-order valence-corrected chi connectivity index (χ1v) is 4.55. The molecule has 0 aromatic carbocycles. The van der Waals surface area contributed by atoms with Gasteiger partial charge < -0.3 is 0 Å². The molecule has 12 heavy (non-hydrogen) atoms. The van der Waals surface area contributed by atoms with Crippen LogP contribution in [0.25, 0.3) is 0 Å². The van der Waals surface area contributed by atoms with E-state index < -0.39 is 0 Å². The van der Waals surface area contributed by atoms with E-state index in [2.05, 4.69) is 21.5 Å². The second-order valence-electron chi connectivity index (χ2n) is 2.85. The van der Waals surface area contributed by atoms with Gasteiger partial charge in [0.25, 0.3) is 0 Å². The summed E-state index contributed by atoms with van der Waals surface area (Å²) in [6, 6.07) is 0. The molecular formula is C9H15N3. The fourth-order valence-electron chi connectivity index (χ4n) is 1.10. The highest BCUT2D eigenvalue weighted by Crippen LogP contribution is 2.04. The Morgan fingerprint density at radius 1 is 1.00 bits per heavy atom. The van der Waals surface area contributed by atoms with E-state index in [1.54, 1.807) is 6.21 Å². The normalized spacial score (nSPS) is 20.0. The van der Waals surface area contributed by atoms with Crippen molar-refractivity contribution in [2.24, 2.45) is 15.4 Å². The van der Waals surface area contributed by atoms with E-state index in [1.807, 2.05) is 6.08 Å². The van der Waals surface area contributed by atoms with Gasteiger partial charge in [-0.1, -0.05) is 18.9 Å². The van der Waals surface area contributed by atoms with Crippen LogP contribution in [0.1, 0.15) is 32.1 Å². The van der Waals surface area contributed by atoms with Crippen LogP contribution in [0.4, 0.5) is 0 Å². The molecule has 0 unspecified atom stereocenters. The van der Waals surface area contributed by atoms with Gasteiger partial charge >= 0.3 is 0 Å². The van der Waals surface area contributed by atoms with Crippen LogP contribution in [-0.4, -0.2) is 12.8 Å². The Morgan fingerprint density at radius 3 is 2.92 bits per heavy atom. The van der Waals surface area contributed by atoms with Crippen molar-refractivity contribution in [3.05, 3.63) is 12.2 Å². The maximum absolute atomic E-state index is 3.90. The predicted molar refractivity (Wildman–Crippen MR) is 50.4 cm³/mol. The van der Waals surface area contributed by atoms with Gasteiger partial charge in [-0.2, -0.15) is 5.11 Å². The van der Waals surface area contributed by atoms with Crippen molar-refractivity contribution in [1.29, 1.82) is 0 Å². The molecule has 0 amide bonds. The first kappa shape index (κ1) is 9.10. The van der Waals surface area contributed by atoms with Crippen LogP contribution < -0.4 is 0 Å². The van der Waals surface area contributed by atoms with Gasteiger partial charge in [0.15, 0.2) is 0 Å². The zero-order valence-electron chi connectivity index (χ0n) is 7.32. The summed E-state index contributed by atoms with van der Waals surface area (Å²) in [5.74, 6) is 0. The molecule has 1 heterocycles. The average Bonchev–Trinajstić information content (AvgIpc) is 2.05. The Morgan fingerprint density at radius 2 is 1.92 bits per heavy atom. The molecule has 0 spiro atoms. The maximum Gasteiger partial charge on any atom is 0.0621 e. The van der Waals surface area contributed by atoms with Crippen molar-refractivity contribution in [2.45, 2.75) is 32.1 Å². The van der Waals surface area contributed by atoms with Crippen molar-refractivity contribution in [2.75, 3.05) is 6.54 Å². The maximum atomic E-state index is 3.90. The van der Waals surface area contributed by atoms with Crippen LogP contribution in [-0.2, 0) is 0 Å². The van der Waals surface area contributed by atoms with E-state index in [0.717, 1.165) is 19.4 Å². The van der Waals surface area contributed by atoms with E-state index in [0.29, 0.717) is 0 Å². The van der Waals surface area contributed by atoms with Crippen molar-refractivity contribution < 1.29 is 0 Å². The molecule has 3 nitrogen and oxygen atoms in total. The quantitative estimate of drug-likeness (QED) is 0.529. The second kappa shape index (κ2) is 6.70. The second-order valence-corrected chi connectivity index (χ2v) is 2.85. The molecule has 0 saturated heterocycles. The molecule has 0 aromatic rings. The molecule has 0 bridgehead atoms. The molecule has 0 fully saturated rings. The highest BCUT2D eigenvalue weighted by atomic mass is 15.4. The summed E-state index contributed by atoms with van der Waals surface area (Å²) in [7, 11) is 0. The SMILES string of the molecule is C1=CCCCCCCN=NN=C1. The number of hydrogen-bond acceptors (Lipinski definition) is 3. The Labute approximate surface area is 73.3 Å². The first-order chi connectivity index (χ1) is 6.00. The zero-order valence-corrected chi connectivity index (χ0v) is 7.32. The molecule has 0 aromatic heterocycles. The molecule has 0 atom stereocenters. The molecule has 1 aliphatic heterocycles. The topological polar surface area (TPSA) is 37.1 Å². The van der Waals surface area contributed by atoms with Crippen molar-refractivity contribution in [3.63, 3.8) is 0 Å². The lowest BCUT2D eigenvalue weighted by molar-refractivity contribution is 0.642. The van der Waals surface area contributed by atoms with Gasteiger partial charge in [-0.25, -0.2) is 0 Å². The molecule has 0 saturated carbocycles. The molecule has 0 radical (unpaired) electrons. The van der Waals surface area contributed by atoms with Gasteiger partial charge in [-0.05, 0) is 30.6 Å². The number of rotatable bonds is 0. The number of nitrogens with zero attached hydrogens (tertiary/aromatic N) is 3. The minimum atomic E-state index is 0.820. The van der Waals surface area contributed by atoms with Crippen molar-refractivity contribution in [3.8, 4) is 0 Å². The highest BCUT2D eigenvalue weighted by Gasteiger charge is 1.88. The van der Waals surface area contributed by atoms with E-state index in [1.165, 1.54) is 19.3 Å². The summed E-state index contributed by atoms with van der Waals surface area (Å²) in [6.07, 6.45) is 11.9. The van der Waals surface area contributed by atoms with E-state index in [4.69, 9.17) is 0 Å². The molecule has 1 rings (SSSR count). The van der Waals surface area contributed by atoms with Gasteiger partial charge in [0, 0.05) is 0 Å². The van der Waals surface area contributed by atoms with Gasteiger partial charge in [-0.15, -0.1) is 5.10 Å². The third-order valence-electron chi connectivity index (χ3n) is 1.78. The monoisotopic (exact) mass is 165 g/mol. The summed E-state index contributed by atoms with van der Waals surface area (Å²) >= 11 is 0. The van der Waals surface area contributed by atoms with Gasteiger partial charge in [0.2, 0.25) is 0 Å². The molecule has 0 aliphatic carbocycles. The predicted octanol–water partition coefficient (Wildman–Crippen LogP) is 2.94. The Bertz CT molecular complexity index is 162. The van der Waals surface area contributed by atoms with Crippen LogP contribution in [0.15, 0.2) is 27.6 Å². The lowest BCUT2D eigenvalue weighted by atomic mass is 10.1. The van der Waals surface area contributed by atoms with Crippen LogP contribution in [0.2, 0.25) is 0 Å². The summed E-state index contributed by atoms with van der Waals surface area (Å²) in [4.78, 5) is 0. The molecular weight excluding hydrogens is 150 g/mol. The Kier molecular flexibility index (Phi) is 5.08. The largest absolute Gasteiger partial charge is 0.169 e. The molecule has 0 N–H and O–H groups in total. The van der Waals surface area contributed by atoms with Gasteiger partial charge in [0.1, 0.15) is 0 Å². The number of allylic oxidation sites excluding steroid dienone is 2. The third-order valence-corrected chi connectivity index (χ3v) is 1.78. The minimum Gasteiger partial charge on any atom is -0.169 e. The summed E-state index contributed by atoms with van der Waals surface area (Å²) in [6.45, 7) is 0.820. The van der Waals surface area contributed by atoms with E-state index in [-0.39, 0.29) is 0 Å². The summed E-state index contributed by atoms with van der Waals surface area (Å²) in [5, 5.41) is 11.3. The molecule has 66 valence electrons. The third kappa shape index (κ3) is 4.77. The summed E-state index contributed by atoms with van der Waals surface area (Å²) in [5.41, 5.74) is 0. The summed E-state index contributed by atoms with van der Waals surface area (Å²) < 4.78 is 0. The minimum absolute atomic E-state index is 0.820. The van der Waals surface area contributed by atoms with Gasteiger partial charge in [0.05, 0.1) is 12.8 Å². The van der Waals surface area contributed by atoms with Crippen LogP contribution in [0.5, 0.6) is 0 Å². The zero-order chi connectivity index (χ0) is 8.49. The smallest absolute Gasteiger partial charge is 0.0621 e. The van der Waals surface area contributed by atoms with Crippen molar-refractivity contribution >= 4 is 6.21 Å². The standard InChI is InChI=1S/C9H15N3/c1-2-4-6-8-10-12-11-9-7-5-3-1/h4,6,8H,1-3,5,7,9H2. The van der Waals surface area contributed by atoms with Crippen LogP contribution in [0, 0.1) is 0 Å². The average molecular weight is 165 g/mol. The number of hydrogen-bond donors (Lipinski definition) is 0. The molecule has 1 aliphatic rings. The van der Waals surface area contributed by atoms with Crippen LogP contribution in [0.3, 0.4) is 0 Å². The highest BCUT2D eigenvalue weighted by molar-refractivity contribution is 5.70. The Balaban J connectivity index is 2.32. The lowest BCUT2D eigenvalue weighted by Crippen LogP contribution is -1.82. The fourth-order valence-corrected chi connectivity index (χ4v) is 1.10. The fraction of sp³-hybridized carbons (Fsp3) is 0.667. The Hall–Kier alpha value is -0.990. The van der Waals surface area contributed by atoms with Gasteiger partial charge in [-0.3, -0.25) is 0 Å².